The van der Waals surface area contributed by atoms with E-state index in [0.29, 0.717) is 46.3 Å². The number of pyridine rings is 4. The number of nitrogens with zero attached hydrogens (tertiary/aromatic N) is 4. The Hall–Kier alpha value is -4.18. The number of aromatic nitrogens is 4. The van der Waals surface area contributed by atoms with Gasteiger partial charge in [-0.15, -0.1) is 0 Å². The van der Waals surface area contributed by atoms with E-state index in [1.165, 1.54) is 46.5 Å². The van der Waals surface area contributed by atoms with Crippen LogP contribution in [0.5, 0.6) is 0 Å². The quantitative estimate of drug-likeness (QED) is 0.194. The van der Waals surface area contributed by atoms with Gasteiger partial charge in [0.25, 0.3) is 0 Å². The van der Waals surface area contributed by atoms with Gasteiger partial charge >= 0.3 is 0 Å². The summed E-state index contributed by atoms with van der Waals surface area (Å²) in [5, 5.41) is 0. The van der Waals surface area contributed by atoms with E-state index < -0.39 is 0 Å². The van der Waals surface area contributed by atoms with Gasteiger partial charge in [-0.1, -0.05) is 76.2 Å². The van der Waals surface area contributed by atoms with Crippen LogP contribution in [0.2, 0.25) is 0 Å². The molecule has 2 saturated carbocycles. The highest BCUT2D eigenvalue weighted by Gasteiger charge is 2.58. The average Bonchev–Trinajstić information content (AvgIpc) is 3.09. The van der Waals surface area contributed by atoms with E-state index in [4.69, 9.17) is 9.97 Å². The molecule has 1 aromatic carbocycles. The minimum Gasteiger partial charge on any atom is -0.255 e. The van der Waals surface area contributed by atoms with Crippen LogP contribution in [0.4, 0.5) is 0 Å². The molecule has 4 aromatic heterocycles. The molecule has 230 valence electrons. The van der Waals surface area contributed by atoms with Crippen LogP contribution in [0.15, 0.2) is 97.3 Å². The first-order valence-electron chi connectivity index (χ1n) is 17.2. The Kier molecular flexibility index (Phi) is 6.20. The Morgan fingerprint density at radius 2 is 0.957 bits per heavy atom. The van der Waals surface area contributed by atoms with E-state index in [0.717, 1.165) is 35.6 Å². The second-order valence-corrected chi connectivity index (χ2v) is 15.6. The van der Waals surface area contributed by atoms with Gasteiger partial charge in [-0.25, -0.2) is 0 Å². The van der Waals surface area contributed by atoms with Crippen LogP contribution in [0.25, 0.3) is 22.8 Å². The zero-order valence-corrected chi connectivity index (χ0v) is 27.3. The maximum absolute atomic E-state index is 5.38. The van der Waals surface area contributed by atoms with Crippen LogP contribution in [0, 0.1) is 22.7 Å². The summed E-state index contributed by atoms with van der Waals surface area (Å²) in [7, 11) is 0. The molecule has 6 aliphatic rings. The second kappa shape index (κ2) is 10.2. The van der Waals surface area contributed by atoms with Crippen molar-refractivity contribution in [2.24, 2.45) is 22.7 Å². The predicted octanol–water partition coefficient (Wildman–Crippen LogP) is 9.54. The standard InChI is InChI=1S/C42H42N4/c1-41(2)31-23-33(41)29(39-27(31)15-17-37(45-39)35-13-7-9-19-43-35)21-25-11-5-6-12-26(25)22-30-34-24-32(42(34,3)4)28-16-18-38(46-40(28)30)36-14-8-10-20-44-36/h5-20,29-34H,21-24H2,1-4H3/t29-,30-,31-,32-,33+,34+/m0/s1. The lowest BCUT2D eigenvalue weighted by Crippen LogP contribution is -2.51. The van der Waals surface area contributed by atoms with E-state index >= 15 is 0 Å². The minimum absolute atomic E-state index is 0.292. The molecule has 0 spiro atoms. The summed E-state index contributed by atoms with van der Waals surface area (Å²) in [5.74, 6) is 3.25. The Labute approximate surface area is 272 Å². The summed E-state index contributed by atoms with van der Waals surface area (Å²) < 4.78 is 0. The van der Waals surface area contributed by atoms with E-state index in [9.17, 15) is 0 Å². The first kappa shape index (κ1) is 28.1. The molecular weight excluding hydrogens is 560 g/mol. The summed E-state index contributed by atoms with van der Waals surface area (Å²) in [4.78, 5) is 20.0. The SMILES string of the molecule is CC1(C)[C@@H]2C[C@H]1c1ccc(-c3ccccn3)nc1[C@H]2Cc1ccccc1C[C@@H]1c2nc(-c3ccccn3)ccc2[C@@H]2C[C@H]1C2(C)C. The van der Waals surface area contributed by atoms with Gasteiger partial charge in [-0.3, -0.25) is 19.9 Å². The molecule has 0 amide bonds. The normalized spacial score (nSPS) is 27.5. The van der Waals surface area contributed by atoms with Gasteiger partial charge < -0.3 is 0 Å². The monoisotopic (exact) mass is 602 g/mol. The van der Waals surface area contributed by atoms with Crippen LogP contribution < -0.4 is 0 Å². The van der Waals surface area contributed by atoms with Gasteiger partial charge in [0, 0.05) is 35.6 Å². The number of hydrogen-bond acceptors (Lipinski definition) is 4. The number of rotatable bonds is 6. The molecule has 11 rings (SSSR count). The Balaban J connectivity index is 1.09. The van der Waals surface area contributed by atoms with Crippen LogP contribution in [0.3, 0.4) is 0 Å². The van der Waals surface area contributed by atoms with Crippen molar-refractivity contribution < 1.29 is 0 Å². The largest absolute Gasteiger partial charge is 0.255 e. The van der Waals surface area contributed by atoms with Crippen molar-refractivity contribution in [1.82, 2.24) is 19.9 Å². The molecule has 6 aliphatic carbocycles. The van der Waals surface area contributed by atoms with Crippen molar-refractivity contribution in [3.63, 3.8) is 0 Å². The van der Waals surface area contributed by atoms with Crippen molar-refractivity contribution in [1.29, 1.82) is 0 Å². The molecule has 0 radical (unpaired) electrons. The fourth-order valence-electron chi connectivity index (χ4n) is 10.1. The topological polar surface area (TPSA) is 51.6 Å². The van der Waals surface area contributed by atoms with Crippen molar-refractivity contribution in [3.8, 4) is 22.8 Å². The number of hydrogen-bond donors (Lipinski definition) is 0. The summed E-state index contributed by atoms with van der Waals surface area (Å²) in [6.45, 7) is 9.94. The van der Waals surface area contributed by atoms with Gasteiger partial charge in [0.15, 0.2) is 0 Å². The van der Waals surface area contributed by atoms with Gasteiger partial charge in [0.05, 0.1) is 22.8 Å². The molecule has 2 fully saturated rings. The molecule has 5 aromatic rings. The fourth-order valence-corrected chi connectivity index (χ4v) is 10.1. The third kappa shape index (κ3) is 4.11. The van der Waals surface area contributed by atoms with E-state index in [2.05, 4.69) is 110 Å². The Morgan fingerprint density at radius 3 is 1.35 bits per heavy atom. The highest BCUT2D eigenvalue weighted by molar-refractivity contribution is 5.58. The third-order valence-corrected chi connectivity index (χ3v) is 12.9. The molecule has 46 heavy (non-hydrogen) atoms. The average molecular weight is 603 g/mol. The molecule has 4 heterocycles. The lowest BCUT2D eigenvalue weighted by molar-refractivity contribution is -0.00887. The summed E-state index contributed by atoms with van der Waals surface area (Å²) >= 11 is 0. The van der Waals surface area contributed by atoms with Crippen LogP contribution in [-0.2, 0) is 12.8 Å². The van der Waals surface area contributed by atoms with Gasteiger partial charge in [-0.05, 0) is 119 Å². The van der Waals surface area contributed by atoms with E-state index in [1.807, 2.05) is 24.5 Å². The van der Waals surface area contributed by atoms with Crippen LogP contribution in [-0.4, -0.2) is 19.9 Å². The van der Waals surface area contributed by atoms with Crippen molar-refractivity contribution >= 4 is 0 Å². The number of benzene rings is 1. The minimum atomic E-state index is 0.292. The second-order valence-electron chi connectivity index (χ2n) is 15.6. The highest BCUT2D eigenvalue weighted by Crippen LogP contribution is 2.68. The maximum Gasteiger partial charge on any atom is 0.0889 e. The molecule has 0 saturated heterocycles. The lowest BCUT2D eigenvalue weighted by Gasteiger charge is -2.60. The molecule has 4 heteroatoms. The molecule has 0 N–H and O–H groups in total. The summed E-state index contributed by atoms with van der Waals surface area (Å²) in [6, 6.07) is 30.6. The zero-order chi connectivity index (χ0) is 31.2. The third-order valence-electron chi connectivity index (χ3n) is 12.9. The first-order chi connectivity index (χ1) is 22.3. The van der Waals surface area contributed by atoms with Crippen molar-refractivity contribution in [3.05, 3.63) is 131 Å². The van der Waals surface area contributed by atoms with Gasteiger partial charge in [-0.2, -0.15) is 0 Å². The van der Waals surface area contributed by atoms with E-state index in [-0.39, 0.29) is 0 Å². The van der Waals surface area contributed by atoms with Crippen molar-refractivity contribution in [2.45, 2.75) is 77.0 Å². The zero-order valence-electron chi connectivity index (χ0n) is 27.3. The molecule has 0 unspecified atom stereocenters. The van der Waals surface area contributed by atoms with Crippen molar-refractivity contribution in [2.75, 3.05) is 0 Å². The maximum atomic E-state index is 5.38. The Morgan fingerprint density at radius 1 is 0.522 bits per heavy atom. The lowest BCUT2D eigenvalue weighted by atomic mass is 9.44. The Bertz CT molecular complexity index is 1800. The predicted molar refractivity (Wildman–Crippen MR) is 184 cm³/mol. The summed E-state index contributed by atoms with van der Waals surface area (Å²) in [5.41, 5.74) is 13.0. The van der Waals surface area contributed by atoms with Gasteiger partial charge in [0.2, 0.25) is 0 Å². The highest BCUT2D eigenvalue weighted by atomic mass is 14.8. The summed E-state index contributed by atoms with van der Waals surface area (Å²) in [6.07, 6.45) is 8.33. The molecule has 6 atom stereocenters. The smallest absolute Gasteiger partial charge is 0.0889 e. The molecule has 4 nitrogen and oxygen atoms in total. The molecule has 4 bridgehead atoms. The molecular formula is C42H42N4. The van der Waals surface area contributed by atoms with Crippen LogP contribution in [0.1, 0.15) is 97.8 Å². The van der Waals surface area contributed by atoms with Crippen LogP contribution >= 0.6 is 0 Å². The molecule has 0 aliphatic heterocycles. The fraction of sp³-hybridized carbons (Fsp3) is 0.381. The first-order valence-corrected chi connectivity index (χ1v) is 17.2. The van der Waals surface area contributed by atoms with E-state index in [1.54, 1.807) is 0 Å². The van der Waals surface area contributed by atoms with Gasteiger partial charge in [0.1, 0.15) is 0 Å².